The summed E-state index contributed by atoms with van der Waals surface area (Å²) >= 11 is 0. The molecule has 1 saturated heterocycles. The van der Waals surface area contributed by atoms with Gasteiger partial charge >= 0.3 is 5.97 Å². The van der Waals surface area contributed by atoms with Crippen LogP contribution in [0.25, 0.3) is 0 Å². The molecule has 0 aromatic carbocycles. The van der Waals surface area contributed by atoms with Gasteiger partial charge in [-0.3, -0.25) is 0 Å². The van der Waals surface area contributed by atoms with Crippen molar-refractivity contribution >= 4 is 17.5 Å². The maximum atomic E-state index is 11.5. The van der Waals surface area contributed by atoms with Gasteiger partial charge in [0.1, 0.15) is 5.82 Å². The van der Waals surface area contributed by atoms with Crippen molar-refractivity contribution in [3.05, 3.63) is 17.8 Å². The van der Waals surface area contributed by atoms with Gasteiger partial charge < -0.3 is 20.5 Å². The Morgan fingerprint density at radius 1 is 1.68 bits per heavy atom. The molecular weight excluding hydrogens is 246 g/mol. The molecule has 1 fully saturated rings. The molecule has 0 amide bonds. The highest BCUT2D eigenvalue weighted by Gasteiger charge is 2.24. The summed E-state index contributed by atoms with van der Waals surface area (Å²) in [6.45, 7) is 3.57. The Kier molecular flexibility index (Phi) is 4.21. The summed E-state index contributed by atoms with van der Waals surface area (Å²) in [7, 11) is 1.33. The molecule has 3 N–H and O–H groups in total. The van der Waals surface area contributed by atoms with Gasteiger partial charge in [-0.1, -0.05) is 0 Å². The summed E-state index contributed by atoms with van der Waals surface area (Å²) in [4.78, 5) is 15.7. The van der Waals surface area contributed by atoms with Gasteiger partial charge in [0.15, 0.2) is 0 Å². The largest absolute Gasteiger partial charge is 0.465 e. The van der Waals surface area contributed by atoms with Crippen LogP contribution in [-0.2, 0) is 9.47 Å². The number of nitrogens with two attached hydrogens (primary N) is 1. The first kappa shape index (κ1) is 13.6. The summed E-state index contributed by atoms with van der Waals surface area (Å²) in [5.41, 5.74) is 6.57. The van der Waals surface area contributed by atoms with Crippen LogP contribution in [0.4, 0.5) is 11.5 Å². The SMILES string of the molecule is COC(=O)c1ccnc(NCC2CCOC2C)c1N. The van der Waals surface area contributed by atoms with Crippen molar-refractivity contribution in [3.63, 3.8) is 0 Å². The summed E-state index contributed by atoms with van der Waals surface area (Å²) < 4.78 is 10.2. The zero-order valence-electron chi connectivity index (χ0n) is 11.2. The number of carbonyl (C=O) groups excluding carboxylic acids is 1. The third-order valence-electron chi connectivity index (χ3n) is 3.46. The number of nitrogens with zero attached hydrogens (tertiary/aromatic N) is 1. The number of nitrogen functional groups attached to an aromatic ring is 1. The average molecular weight is 265 g/mol. The molecule has 1 aliphatic heterocycles. The van der Waals surface area contributed by atoms with Gasteiger partial charge in [0.05, 0.1) is 24.5 Å². The summed E-state index contributed by atoms with van der Waals surface area (Å²) in [6, 6.07) is 1.55. The van der Waals surface area contributed by atoms with Crippen LogP contribution in [0.1, 0.15) is 23.7 Å². The van der Waals surface area contributed by atoms with Crippen LogP contribution in [-0.4, -0.2) is 37.3 Å². The minimum Gasteiger partial charge on any atom is -0.465 e. The summed E-state index contributed by atoms with van der Waals surface area (Å²) in [5, 5.41) is 3.18. The molecule has 0 radical (unpaired) electrons. The molecule has 0 saturated carbocycles. The lowest BCUT2D eigenvalue weighted by Gasteiger charge is -2.16. The number of rotatable bonds is 4. The standard InChI is InChI=1S/C13H19N3O3/c1-8-9(4-6-19-8)7-16-12-11(14)10(3-5-15-12)13(17)18-2/h3,5,8-9H,4,6-7,14H2,1-2H3,(H,15,16). The molecule has 1 aromatic rings. The highest BCUT2D eigenvalue weighted by molar-refractivity contribution is 5.97. The van der Waals surface area contributed by atoms with E-state index in [-0.39, 0.29) is 6.10 Å². The third kappa shape index (κ3) is 2.96. The van der Waals surface area contributed by atoms with Crippen LogP contribution >= 0.6 is 0 Å². The van der Waals surface area contributed by atoms with Crippen molar-refractivity contribution in [1.29, 1.82) is 0 Å². The molecule has 2 heterocycles. The molecule has 1 aromatic heterocycles. The lowest BCUT2D eigenvalue weighted by molar-refractivity contribution is 0.0602. The monoisotopic (exact) mass is 265 g/mol. The third-order valence-corrected chi connectivity index (χ3v) is 3.46. The number of methoxy groups -OCH3 is 1. The summed E-state index contributed by atoms with van der Waals surface area (Å²) in [5.74, 6) is 0.491. The van der Waals surface area contributed by atoms with E-state index in [1.807, 2.05) is 0 Å². The van der Waals surface area contributed by atoms with Gasteiger partial charge in [0.2, 0.25) is 0 Å². The fourth-order valence-electron chi connectivity index (χ4n) is 2.17. The van der Waals surface area contributed by atoms with Gasteiger partial charge in [-0.15, -0.1) is 0 Å². The van der Waals surface area contributed by atoms with Gasteiger partial charge in [-0.2, -0.15) is 0 Å². The predicted molar refractivity (Wildman–Crippen MR) is 72.0 cm³/mol. The van der Waals surface area contributed by atoms with Crippen LogP contribution in [0.15, 0.2) is 12.3 Å². The highest BCUT2D eigenvalue weighted by Crippen LogP contribution is 2.24. The van der Waals surface area contributed by atoms with Gasteiger partial charge in [-0.25, -0.2) is 9.78 Å². The van der Waals surface area contributed by atoms with Crippen molar-refractivity contribution < 1.29 is 14.3 Å². The zero-order valence-corrected chi connectivity index (χ0v) is 11.2. The molecule has 6 nitrogen and oxygen atoms in total. The van der Waals surface area contributed by atoms with Crippen molar-refractivity contribution in [1.82, 2.24) is 4.98 Å². The van der Waals surface area contributed by atoms with E-state index < -0.39 is 5.97 Å². The van der Waals surface area contributed by atoms with Crippen LogP contribution < -0.4 is 11.1 Å². The minimum atomic E-state index is -0.458. The number of hydrogen-bond acceptors (Lipinski definition) is 6. The van der Waals surface area contributed by atoms with Crippen molar-refractivity contribution in [2.75, 3.05) is 31.3 Å². The second kappa shape index (κ2) is 5.88. The lowest BCUT2D eigenvalue weighted by atomic mass is 10.0. The second-order valence-electron chi connectivity index (χ2n) is 4.62. The first-order valence-electron chi connectivity index (χ1n) is 6.31. The smallest absolute Gasteiger partial charge is 0.340 e. The number of carbonyl (C=O) groups is 1. The molecule has 2 rings (SSSR count). The summed E-state index contributed by atoms with van der Waals surface area (Å²) in [6.07, 6.45) is 2.79. The molecule has 2 unspecified atom stereocenters. The zero-order chi connectivity index (χ0) is 13.8. The molecular formula is C13H19N3O3. The molecule has 0 aliphatic carbocycles. The fourth-order valence-corrected chi connectivity index (χ4v) is 2.17. The molecule has 19 heavy (non-hydrogen) atoms. The van der Waals surface area contributed by atoms with Crippen LogP contribution in [0, 0.1) is 5.92 Å². The van der Waals surface area contributed by atoms with E-state index >= 15 is 0 Å². The number of aromatic nitrogens is 1. The van der Waals surface area contributed by atoms with Gasteiger partial charge in [-0.05, 0) is 19.4 Å². The van der Waals surface area contributed by atoms with E-state index in [1.165, 1.54) is 7.11 Å². The van der Waals surface area contributed by atoms with E-state index in [4.69, 9.17) is 10.5 Å². The van der Waals surface area contributed by atoms with Crippen LogP contribution in [0.2, 0.25) is 0 Å². The molecule has 1 aliphatic rings. The Morgan fingerprint density at radius 2 is 2.47 bits per heavy atom. The van der Waals surface area contributed by atoms with Crippen LogP contribution in [0.3, 0.4) is 0 Å². The van der Waals surface area contributed by atoms with Crippen LogP contribution in [0.5, 0.6) is 0 Å². The number of esters is 1. The first-order valence-corrected chi connectivity index (χ1v) is 6.31. The lowest BCUT2D eigenvalue weighted by Crippen LogP contribution is -2.22. The Hall–Kier alpha value is -1.82. The maximum Gasteiger partial charge on any atom is 0.340 e. The molecule has 104 valence electrons. The Bertz CT molecular complexity index is 464. The quantitative estimate of drug-likeness (QED) is 0.798. The molecule has 6 heteroatoms. The molecule has 2 atom stereocenters. The maximum absolute atomic E-state index is 11.5. The van der Waals surface area contributed by atoms with E-state index in [0.29, 0.717) is 23.0 Å². The Balaban J connectivity index is 2.06. The average Bonchev–Trinajstić information content (AvgIpc) is 2.82. The second-order valence-corrected chi connectivity index (χ2v) is 4.62. The number of nitrogens with one attached hydrogen (secondary N) is 1. The molecule has 0 bridgehead atoms. The Labute approximate surface area is 112 Å². The minimum absolute atomic E-state index is 0.234. The van der Waals surface area contributed by atoms with E-state index in [9.17, 15) is 4.79 Å². The highest BCUT2D eigenvalue weighted by atomic mass is 16.5. The Morgan fingerprint density at radius 3 is 3.11 bits per heavy atom. The van der Waals surface area contributed by atoms with Gasteiger partial charge in [0.25, 0.3) is 0 Å². The topological polar surface area (TPSA) is 86.5 Å². The fraction of sp³-hybridized carbons (Fsp3) is 0.538. The number of hydrogen-bond donors (Lipinski definition) is 2. The number of anilines is 2. The number of pyridine rings is 1. The first-order chi connectivity index (χ1) is 9.13. The molecule has 0 spiro atoms. The van der Waals surface area contributed by atoms with E-state index in [0.717, 1.165) is 19.6 Å². The van der Waals surface area contributed by atoms with Crippen molar-refractivity contribution in [2.45, 2.75) is 19.4 Å². The normalized spacial score (nSPS) is 22.2. The van der Waals surface area contributed by atoms with Gasteiger partial charge in [0, 0.05) is 25.3 Å². The van der Waals surface area contributed by atoms with Crippen molar-refractivity contribution in [3.8, 4) is 0 Å². The predicted octanol–water partition coefficient (Wildman–Crippen LogP) is 1.29. The van der Waals surface area contributed by atoms with E-state index in [1.54, 1.807) is 12.3 Å². The van der Waals surface area contributed by atoms with E-state index in [2.05, 4.69) is 22.0 Å². The number of ether oxygens (including phenoxy) is 2. The van der Waals surface area contributed by atoms with Crippen molar-refractivity contribution in [2.24, 2.45) is 5.92 Å².